The van der Waals surface area contributed by atoms with Crippen LogP contribution in [0.5, 0.6) is 0 Å². The number of nitrogens with zero attached hydrogens (tertiary/aromatic N) is 1. The lowest BCUT2D eigenvalue weighted by molar-refractivity contribution is -0.116. The van der Waals surface area contributed by atoms with Gasteiger partial charge in [0.2, 0.25) is 15.9 Å². The van der Waals surface area contributed by atoms with Crippen molar-refractivity contribution in [3.05, 3.63) is 58.6 Å². The molecule has 0 saturated carbocycles. The number of anilines is 1. The number of sulfonamides is 1. The summed E-state index contributed by atoms with van der Waals surface area (Å²) in [5.41, 5.74) is 2.18. The van der Waals surface area contributed by atoms with Gasteiger partial charge in [0.25, 0.3) is 0 Å². The van der Waals surface area contributed by atoms with E-state index in [0.717, 1.165) is 5.56 Å². The summed E-state index contributed by atoms with van der Waals surface area (Å²) in [6, 6.07) is 11.8. The maximum atomic E-state index is 12.8. The van der Waals surface area contributed by atoms with Crippen molar-refractivity contribution in [2.75, 3.05) is 12.4 Å². The summed E-state index contributed by atoms with van der Waals surface area (Å²) >= 11 is 5.95. The molecule has 0 fully saturated rings. The predicted molar refractivity (Wildman–Crippen MR) is 93.6 cm³/mol. The quantitative estimate of drug-likeness (QED) is 0.905. The Morgan fingerprint density at radius 1 is 1.21 bits per heavy atom. The van der Waals surface area contributed by atoms with E-state index in [0.29, 0.717) is 16.3 Å². The molecule has 0 unspecified atom stereocenters. The number of nitrogens with one attached hydrogen (secondary N) is 1. The molecule has 24 heavy (non-hydrogen) atoms. The highest BCUT2D eigenvalue weighted by molar-refractivity contribution is 7.89. The van der Waals surface area contributed by atoms with Gasteiger partial charge < -0.3 is 5.32 Å². The first-order valence-corrected chi connectivity index (χ1v) is 9.26. The van der Waals surface area contributed by atoms with E-state index >= 15 is 0 Å². The standard InChI is InChI=1S/C17H17ClN2O3S/c1-11-15-9-14(6-7-16(15)19-17(11)21)24(22,23)20(2)10-12-4-3-5-13(18)8-12/h3-9,11H,10H2,1-2H3,(H,19,21)/t11-/m0/s1. The number of hydrogen-bond donors (Lipinski definition) is 1. The van der Waals surface area contributed by atoms with Crippen LogP contribution < -0.4 is 5.32 Å². The van der Waals surface area contributed by atoms with Crippen molar-refractivity contribution < 1.29 is 13.2 Å². The van der Waals surface area contributed by atoms with Gasteiger partial charge in [-0.1, -0.05) is 23.7 Å². The van der Waals surface area contributed by atoms with E-state index in [2.05, 4.69) is 5.32 Å². The molecule has 0 spiro atoms. The SMILES string of the molecule is C[C@@H]1C(=O)Nc2ccc(S(=O)(=O)N(C)Cc3cccc(Cl)c3)cc21. The number of fused-ring (bicyclic) bond motifs is 1. The van der Waals surface area contributed by atoms with Crippen LogP contribution in [0, 0.1) is 0 Å². The van der Waals surface area contributed by atoms with Gasteiger partial charge in [-0.05, 0) is 48.4 Å². The molecule has 3 rings (SSSR count). The molecular weight excluding hydrogens is 348 g/mol. The van der Waals surface area contributed by atoms with E-state index in [4.69, 9.17) is 11.6 Å². The maximum Gasteiger partial charge on any atom is 0.243 e. The predicted octanol–water partition coefficient (Wildman–Crippen LogP) is 3.22. The van der Waals surface area contributed by atoms with E-state index in [1.54, 1.807) is 37.3 Å². The van der Waals surface area contributed by atoms with Gasteiger partial charge in [0.1, 0.15) is 0 Å². The Bertz CT molecular complexity index is 912. The van der Waals surface area contributed by atoms with Crippen molar-refractivity contribution in [1.29, 1.82) is 0 Å². The van der Waals surface area contributed by atoms with Crippen molar-refractivity contribution >= 4 is 33.2 Å². The Kier molecular flexibility index (Phi) is 4.38. The van der Waals surface area contributed by atoms with Crippen LogP contribution in [-0.2, 0) is 21.4 Å². The van der Waals surface area contributed by atoms with Gasteiger partial charge in [-0.2, -0.15) is 4.31 Å². The lowest BCUT2D eigenvalue weighted by atomic mass is 10.0. The van der Waals surface area contributed by atoms with Crippen LogP contribution in [0.25, 0.3) is 0 Å². The maximum absolute atomic E-state index is 12.8. The van der Waals surface area contributed by atoms with E-state index in [9.17, 15) is 13.2 Å². The zero-order valence-corrected chi connectivity index (χ0v) is 14.9. The number of rotatable bonds is 4. The lowest BCUT2D eigenvalue weighted by Gasteiger charge is -2.18. The van der Waals surface area contributed by atoms with Crippen LogP contribution >= 0.6 is 11.6 Å². The van der Waals surface area contributed by atoms with Crippen molar-refractivity contribution in [3.63, 3.8) is 0 Å². The number of hydrogen-bond acceptors (Lipinski definition) is 3. The molecule has 1 amide bonds. The van der Waals surface area contributed by atoms with E-state index in [1.165, 1.54) is 17.4 Å². The van der Waals surface area contributed by atoms with Crippen LogP contribution in [-0.4, -0.2) is 25.7 Å². The van der Waals surface area contributed by atoms with Gasteiger partial charge in [-0.3, -0.25) is 4.79 Å². The molecule has 0 bridgehead atoms. The first-order valence-electron chi connectivity index (χ1n) is 7.44. The fraction of sp³-hybridized carbons (Fsp3) is 0.235. The third-order valence-electron chi connectivity index (χ3n) is 4.14. The van der Waals surface area contributed by atoms with Gasteiger partial charge in [0.05, 0.1) is 10.8 Å². The molecule has 1 N–H and O–H groups in total. The molecule has 0 radical (unpaired) electrons. The number of amides is 1. The van der Waals surface area contributed by atoms with Gasteiger partial charge >= 0.3 is 0 Å². The van der Waals surface area contributed by atoms with Crippen molar-refractivity contribution in [3.8, 4) is 0 Å². The molecule has 0 aliphatic carbocycles. The third-order valence-corrected chi connectivity index (χ3v) is 6.18. The summed E-state index contributed by atoms with van der Waals surface area (Å²) in [4.78, 5) is 11.9. The summed E-state index contributed by atoms with van der Waals surface area (Å²) in [5.74, 6) is -0.472. The van der Waals surface area contributed by atoms with Crippen LogP contribution in [0.2, 0.25) is 5.02 Å². The highest BCUT2D eigenvalue weighted by Crippen LogP contribution is 2.34. The van der Waals surface area contributed by atoms with E-state index in [-0.39, 0.29) is 23.3 Å². The van der Waals surface area contributed by atoms with E-state index in [1.807, 2.05) is 6.07 Å². The number of carbonyl (C=O) groups is 1. The van der Waals surface area contributed by atoms with E-state index < -0.39 is 10.0 Å². The van der Waals surface area contributed by atoms with Crippen molar-refractivity contribution in [2.24, 2.45) is 0 Å². The highest BCUT2D eigenvalue weighted by atomic mass is 35.5. The smallest absolute Gasteiger partial charge is 0.243 e. The van der Waals surface area contributed by atoms with Crippen LogP contribution in [0.3, 0.4) is 0 Å². The molecular formula is C17H17ClN2O3S. The topological polar surface area (TPSA) is 66.5 Å². The first-order chi connectivity index (χ1) is 11.3. The molecule has 1 aliphatic rings. The molecule has 1 atom stereocenters. The number of benzene rings is 2. The minimum Gasteiger partial charge on any atom is -0.325 e. The minimum atomic E-state index is -3.66. The summed E-state index contributed by atoms with van der Waals surface area (Å²) in [6.45, 7) is 1.97. The van der Waals surface area contributed by atoms with Crippen molar-refractivity contribution in [2.45, 2.75) is 24.3 Å². The molecule has 0 saturated heterocycles. The monoisotopic (exact) mass is 364 g/mol. The molecule has 2 aromatic rings. The average Bonchev–Trinajstić information content (AvgIpc) is 2.81. The second-order valence-corrected chi connectivity index (χ2v) is 8.33. The molecule has 7 heteroatoms. The third kappa shape index (κ3) is 3.05. The van der Waals surface area contributed by atoms with Crippen LogP contribution in [0.4, 0.5) is 5.69 Å². The zero-order valence-electron chi connectivity index (χ0n) is 13.3. The molecule has 0 aromatic heterocycles. The first kappa shape index (κ1) is 17.0. The minimum absolute atomic E-state index is 0.119. The lowest BCUT2D eigenvalue weighted by Crippen LogP contribution is -2.26. The van der Waals surface area contributed by atoms with Crippen LogP contribution in [0.1, 0.15) is 24.0 Å². The molecule has 1 heterocycles. The summed E-state index contributed by atoms with van der Waals surface area (Å²) in [6.07, 6.45) is 0. The second kappa shape index (κ2) is 6.20. The summed E-state index contributed by atoms with van der Waals surface area (Å²) < 4.78 is 26.9. The van der Waals surface area contributed by atoms with Gasteiger partial charge in [-0.25, -0.2) is 8.42 Å². The fourth-order valence-corrected chi connectivity index (χ4v) is 4.12. The van der Waals surface area contributed by atoms with Crippen LogP contribution in [0.15, 0.2) is 47.4 Å². The molecule has 2 aromatic carbocycles. The van der Waals surface area contributed by atoms with Gasteiger partial charge in [0.15, 0.2) is 0 Å². The fourth-order valence-electron chi connectivity index (χ4n) is 2.71. The van der Waals surface area contributed by atoms with Gasteiger partial charge in [-0.15, -0.1) is 0 Å². The highest BCUT2D eigenvalue weighted by Gasteiger charge is 2.29. The Morgan fingerprint density at radius 3 is 2.67 bits per heavy atom. The summed E-state index contributed by atoms with van der Waals surface area (Å²) in [5, 5.41) is 3.30. The average molecular weight is 365 g/mol. The zero-order chi connectivity index (χ0) is 17.5. The summed E-state index contributed by atoms with van der Waals surface area (Å²) in [7, 11) is -2.14. The Hall–Kier alpha value is -1.89. The molecule has 1 aliphatic heterocycles. The second-order valence-electron chi connectivity index (χ2n) is 5.85. The molecule has 126 valence electrons. The largest absolute Gasteiger partial charge is 0.325 e. The van der Waals surface area contributed by atoms with Crippen molar-refractivity contribution in [1.82, 2.24) is 4.31 Å². The number of halogens is 1. The van der Waals surface area contributed by atoms with Gasteiger partial charge in [0, 0.05) is 24.3 Å². The normalized spacial score (nSPS) is 17.0. The Balaban J connectivity index is 1.89. The molecule has 5 nitrogen and oxygen atoms in total. The Labute approximate surface area is 146 Å². The Morgan fingerprint density at radius 2 is 1.96 bits per heavy atom. The number of carbonyl (C=O) groups excluding carboxylic acids is 1.